The average Bonchev–Trinajstić information content (AvgIpc) is 3.87. The Morgan fingerprint density at radius 3 is 1.73 bits per heavy atom. The Bertz CT molecular complexity index is 3090. The highest BCUT2D eigenvalue weighted by Crippen LogP contribution is 2.71. The highest BCUT2D eigenvalue weighted by atomic mass is 15.0. The van der Waals surface area contributed by atoms with Gasteiger partial charge in [0.05, 0.1) is 22.7 Å². The van der Waals surface area contributed by atoms with Crippen molar-refractivity contribution < 1.29 is 0 Å². The lowest BCUT2D eigenvalue weighted by Crippen LogP contribution is -2.35. The van der Waals surface area contributed by atoms with Gasteiger partial charge in [0, 0.05) is 33.2 Å². The van der Waals surface area contributed by atoms with Crippen molar-refractivity contribution in [1.82, 2.24) is 19.5 Å². The third-order valence-corrected chi connectivity index (χ3v) is 14.2. The van der Waals surface area contributed by atoms with Crippen LogP contribution in [0, 0.1) is 23.2 Å². The van der Waals surface area contributed by atoms with Gasteiger partial charge in [0.25, 0.3) is 0 Å². The van der Waals surface area contributed by atoms with Gasteiger partial charge in [0.15, 0.2) is 17.5 Å². The second-order valence-corrected chi connectivity index (χ2v) is 17.5. The van der Waals surface area contributed by atoms with Gasteiger partial charge < -0.3 is 4.57 Å². The number of hydrogen-bond donors (Lipinski definition) is 0. The first-order chi connectivity index (χ1) is 29.6. The highest BCUT2D eigenvalue weighted by Gasteiger charge is 2.64. The summed E-state index contributed by atoms with van der Waals surface area (Å²) in [5.74, 6) is 3.48. The molecule has 9 aromatic rings. The van der Waals surface area contributed by atoms with Crippen LogP contribution in [0.2, 0.25) is 0 Å². The minimum absolute atomic E-state index is 0.167. The molecule has 7 aromatic carbocycles. The molecule has 5 nitrogen and oxygen atoms in total. The molecule has 2 aromatic heterocycles. The second-order valence-electron chi connectivity index (χ2n) is 17.5. The first kappa shape index (κ1) is 34.8. The summed E-state index contributed by atoms with van der Waals surface area (Å²) in [6.45, 7) is 0. The number of fused-ring (bicyclic) bond motifs is 3. The second kappa shape index (κ2) is 13.4. The van der Waals surface area contributed by atoms with Gasteiger partial charge in [-0.05, 0) is 119 Å². The Balaban J connectivity index is 0.886. The summed E-state index contributed by atoms with van der Waals surface area (Å²) in [4.78, 5) is 14.9. The molecular formula is C55H41N5. The van der Waals surface area contributed by atoms with Gasteiger partial charge in [-0.25, -0.2) is 15.0 Å². The van der Waals surface area contributed by atoms with E-state index in [1.165, 1.54) is 59.7 Å². The van der Waals surface area contributed by atoms with E-state index in [0.717, 1.165) is 44.7 Å². The predicted molar refractivity (Wildman–Crippen MR) is 240 cm³/mol. The normalized spacial score (nSPS) is 21.4. The van der Waals surface area contributed by atoms with Gasteiger partial charge in [-0.1, -0.05) is 133 Å². The van der Waals surface area contributed by atoms with Crippen molar-refractivity contribution in [3.05, 3.63) is 193 Å². The van der Waals surface area contributed by atoms with Crippen LogP contribution in [0.1, 0.15) is 48.8 Å². The SMILES string of the molecule is N#Cc1ccc2c(c1)c1cc(-c3cccc(C45CC6CC4CC(c4ccc(-c7nc(-c8ccccc8)nc(-c8ccccc8)n7)cc4)(C6)C5)c3)ccc1n2-c1ccccc1. The minimum atomic E-state index is 0.167. The van der Waals surface area contributed by atoms with Crippen LogP contribution in [0.25, 0.3) is 72.8 Å². The molecule has 4 unspecified atom stereocenters. The fraction of sp³-hybridized carbons (Fsp3) is 0.164. The Hall–Kier alpha value is -7.16. The smallest absolute Gasteiger partial charge is 0.164 e. The van der Waals surface area contributed by atoms with Gasteiger partial charge in [-0.3, -0.25) is 0 Å². The molecule has 0 N–H and O–H groups in total. The number of rotatable bonds is 7. The molecule has 4 atom stereocenters. The summed E-state index contributed by atoms with van der Waals surface area (Å²) < 4.78 is 2.32. The van der Waals surface area contributed by atoms with E-state index in [1.807, 2.05) is 48.5 Å². The third kappa shape index (κ3) is 5.48. The molecule has 0 saturated heterocycles. The Morgan fingerprint density at radius 1 is 0.500 bits per heavy atom. The van der Waals surface area contributed by atoms with Crippen LogP contribution in [0.3, 0.4) is 0 Å². The van der Waals surface area contributed by atoms with Crippen LogP contribution < -0.4 is 0 Å². The predicted octanol–water partition coefficient (Wildman–Crippen LogP) is 12.9. The summed E-state index contributed by atoms with van der Waals surface area (Å²) in [5.41, 5.74) is 12.8. The number of nitriles is 1. The molecule has 0 spiro atoms. The zero-order valence-electron chi connectivity index (χ0n) is 33.2. The lowest BCUT2D eigenvalue weighted by Gasteiger charge is -2.42. The van der Waals surface area contributed by atoms with Crippen LogP contribution in [0.4, 0.5) is 0 Å². The van der Waals surface area contributed by atoms with Gasteiger partial charge in [0.1, 0.15) is 0 Å². The van der Waals surface area contributed by atoms with E-state index in [1.54, 1.807) is 0 Å². The maximum Gasteiger partial charge on any atom is 0.164 e. The van der Waals surface area contributed by atoms with Gasteiger partial charge in [-0.15, -0.1) is 0 Å². The number of aromatic nitrogens is 4. The summed E-state index contributed by atoms with van der Waals surface area (Å²) in [6, 6.07) is 64.9. The van der Waals surface area contributed by atoms with Crippen molar-refractivity contribution in [2.75, 3.05) is 0 Å². The highest BCUT2D eigenvalue weighted by molar-refractivity contribution is 6.11. The topological polar surface area (TPSA) is 67.4 Å². The zero-order valence-corrected chi connectivity index (χ0v) is 33.2. The molecule has 4 saturated carbocycles. The quantitative estimate of drug-likeness (QED) is 0.162. The largest absolute Gasteiger partial charge is 0.309 e. The van der Waals surface area contributed by atoms with E-state index >= 15 is 0 Å². The minimum Gasteiger partial charge on any atom is -0.309 e. The van der Waals surface area contributed by atoms with Crippen molar-refractivity contribution in [3.8, 4) is 57.0 Å². The maximum absolute atomic E-state index is 9.83. The molecule has 2 heterocycles. The number of hydrogen-bond acceptors (Lipinski definition) is 4. The number of benzene rings is 7. The average molecular weight is 772 g/mol. The molecule has 286 valence electrons. The van der Waals surface area contributed by atoms with Gasteiger partial charge in [0.2, 0.25) is 0 Å². The van der Waals surface area contributed by atoms with Gasteiger partial charge >= 0.3 is 0 Å². The van der Waals surface area contributed by atoms with E-state index in [4.69, 9.17) is 15.0 Å². The standard InChI is InChI=1S/C55H41N5/c56-34-36-19-25-49-47(28-36)48-30-42(22-26-50(48)60(49)46-17-8-3-9-18-46)41-15-10-16-44(29-41)55-32-37-27-45(55)33-54(31-37,35-55)43-23-20-40(21-24-43)53-58-51(38-11-4-1-5-12-38)57-52(59-53)39-13-6-2-7-14-39/h1-26,28-30,37,45H,27,31-33,35H2. The summed E-state index contributed by atoms with van der Waals surface area (Å²) >= 11 is 0. The summed E-state index contributed by atoms with van der Waals surface area (Å²) in [5, 5.41) is 12.1. The lowest BCUT2D eigenvalue weighted by molar-refractivity contribution is 0.220. The monoisotopic (exact) mass is 771 g/mol. The van der Waals surface area contributed by atoms with E-state index in [-0.39, 0.29) is 10.8 Å². The van der Waals surface area contributed by atoms with Crippen LogP contribution in [0.5, 0.6) is 0 Å². The summed E-state index contributed by atoms with van der Waals surface area (Å²) in [7, 11) is 0. The number of nitrogens with zero attached hydrogens (tertiary/aromatic N) is 5. The van der Waals surface area contributed by atoms with E-state index in [0.29, 0.717) is 29.0 Å². The molecular weight excluding hydrogens is 731 g/mol. The molecule has 4 aliphatic carbocycles. The van der Waals surface area contributed by atoms with E-state index in [2.05, 4.69) is 138 Å². The van der Waals surface area contributed by atoms with Crippen LogP contribution in [0.15, 0.2) is 176 Å². The first-order valence-electron chi connectivity index (χ1n) is 21.2. The van der Waals surface area contributed by atoms with Crippen molar-refractivity contribution in [3.63, 3.8) is 0 Å². The van der Waals surface area contributed by atoms with Gasteiger partial charge in [-0.2, -0.15) is 5.26 Å². The molecule has 0 aliphatic heterocycles. The molecule has 0 radical (unpaired) electrons. The van der Waals surface area contributed by atoms with Crippen molar-refractivity contribution in [2.45, 2.75) is 42.9 Å². The Kier molecular flexibility index (Phi) is 7.81. The van der Waals surface area contributed by atoms with Crippen molar-refractivity contribution >= 4 is 21.8 Å². The Morgan fingerprint density at radius 2 is 1.07 bits per heavy atom. The van der Waals surface area contributed by atoms with Crippen LogP contribution in [-0.4, -0.2) is 19.5 Å². The third-order valence-electron chi connectivity index (χ3n) is 14.2. The van der Waals surface area contributed by atoms with E-state index < -0.39 is 0 Å². The molecule has 0 amide bonds. The molecule has 5 heteroatoms. The first-order valence-corrected chi connectivity index (χ1v) is 21.2. The molecule has 60 heavy (non-hydrogen) atoms. The number of para-hydroxylation sites is 1. The molecule has 4 aliphatic rings. The van der Waals surface area contributed by atoms with Crippen molar-refractivity contribution in [2.24, 2.45) is 11.8 Å². The van der Waals surface area contributed by atoms with E-state index in [9.17, 15) is 5.26 Å². The lowest BCUT2D eigenvalue weighted by atomic mass is 9.62. The molecule has 4 fully saturated rings. The maximum atomic E-state index is 9.83. The Labute approximate surface area is 349 Å². The molecule has 13 rings (SSSR count). The summed E-state index contributed by atoms with van der Waals surface area (Å²) in [6.07, 6.45) is 6.29. The fourth-order valence-corrected chi connectivity index (χ4v) is 11.7. The van der Waals surface area contributed by atoms with Crippen LogP contribution >= 0.6 is 0 Å². The zero-order chi connectivity index (χ0) is 39.8. The molecule has 4 bridgehead atoms. The van der Waals surface area contributed by atoms with Crippen LogP contribution in [-0.2, 0) is 10.8 Å². The van der Waals surface area contributed by atoms with Crippen molar-refractivity contribution in [1.29, 1.82) is 5.26 Å². The fourth-order valence-electron chi connectivity index (χ4n) is 11.7.